The van der Waals surface area contributed by atoms with E-state index >= 15 is 0 Å². The van der Waals surface area contributed by atoms with Crippen LogP contribution in [0.25, 0.3) is 11.4 Å². The van der Waals surface area contributed by atoms with Gasteiger partial charge in [-0.25, -0.2) is 0 Å². The zero-order valence-electron chi connectivity index (χ0n) is 14.4. The number of ether oxygens (including phenoxy) is 1. The Morgan fingerprint density at radius 3 is 2.73 bits per heavy atom. The van der Waals surface area contributed by atoms with Crippen LogP contribution in [0.3, 0.4) is 0 Å². The summed E-state index contributed by atoms with van der Waals surface area (Å²) in [5, 5.41) is 6.65. The fourth-order valence-corrected chi connectivity index (χ4v) is 2.36. The Morgan fingerprint density at radius 1 is 1.23 bits per heavy atom. The average molecular weight is 352 g/mol. The lowest BCUT2D eigenvalue weighted by atomic mass is 10.1. The smallest absolute Gasteiger partial charge is 0.263 e. The molecule has 0 aliphatic heterocycles. The third kappa shape index (κ3) is 4.00. The number of hydrogen-bond donors (Lipinski definition) is 2. The minimum Gasteiger partial charge on any atom is -0.494 e. The zero-order valence-corrected chi connectivity index (χ0v) is 14.4. The number of anilines is 2. The van der Waals surface area contributed by atoms with E-state index in [1.807, 2.05) is 12.1 Å². The summed E-state index contributed by atoms with van der Waals surface area (Å²) in [5.41, 5.74) is 7.38. The molecule has 0 saturated carbocycles. The molecule has 3 N–H and O–H groups in total. The Balaban J connectivity index is 1.74. The number of pyridine rings is 1. The highest BCUT2D eigenvalue weighted by molar-refractivity contribution is 6.10. The second-order valence-corrected chi connectivity index (χ2v) is 5.67. The molecule has 1 aromatic carbocycles. The van der Waals surface area contributed by atoms with Crippen LogP contribution in [0, 0.1) is 0 Å². The molecule has 0 aliphatic rings. The molecule has 26 heavy (non-hydrogen) atoms. The maximum Gasteiger partial charge on any atom is 0.263 e. The van der Waals surface area contributed by atoms with E-state index in [1.165, 1.54) is 0 Å². The van der Waals surface area contributed by atoms with Crippen molar-refractivity contribution in [2.75, 3.05) is 17.7 Å². The SMILES string of the molecule is CCCCOc1ccc(NC(=O)c2c(-c3ccccn3)noc2N)cc1. The highest BCUT2D eigenvalue weighted by Crippen LogP contribution is 2.26. The maximum absolute atomic E-state index is 12.6. The summed E-state index contributed by atoms with van der Waals surface area (Å²) in [7, 11) is 0. The standard InChI is InChI=1S/C19H20N4O3/c1-2-3-12-25-14-9-7-13(8-10-14)22-19(24)16-17(23-26-18(16)20)15-6-4-5-11-21-15/h4-11H,2-3,12,20H2,1H3,(H,22,24). The normalized spacial score (nSPS) is 10.5. The molecule has 2 heterocycles. The van der Waals surface area contributed by atoms with E-state index < -0.39 is 5.91 Å². The lowest BCUT2D eigenvalue weighted by Gasteiger charge is -2.08. The highest BCUT2D eigenvalue weighted by Gasteiger charge is 2.23. The molecule has 1 amide bonds. The van der Waals surface area contributed by atoms with Gasteiger partial charge in [0.05, 0.1) is 12.3 Å². The average Bonchev–Trinajstić information content (AvgIpc) is 3.06. The number of rotatable bonds is 7. The molecule has 2 aromatic heterocycles. The summed E-state index contributed by atoms with van der Waals surface area (Å²) in [5.74, 6) is 0.293. The van der Waals surface area contributed by atoms with Gasteiger partial charge in [-0.2, -0.15) is 0 Å². The van der Waals surface area contributed by atoms with Gasteiger partial charge in [0.15, 0.2) is 0 Å². The molecule has 0 spiro atoms. The van der Waals surface area contributed by atoms with Crippen LogP contribution in [-0.2, 0) is 0 Å². The first-order valence-corrected chi connectivity index (χ1v) is 8.39. The first-order valence-electron chi connectivity index (χ1n) is 8.39. The summed E-state index contributed by atoms with van der Waals surface area (Å²) in [6.45, 7) is 2.78. The van der Waals surface area contributed by atoms with Crippen molar-refractivity contribution in [1.82, 2.24) is 10.1 Å². The molecule has 0 atom stereocenters. The quantitative estimate of drug-likeness (QED) is 0.628. The molecular weight excluding hydrogens is 332 g/mol. The van der Waals surface area contributed by atoms with Crippen LogP contribution in [0.2, 0.25) is 0 Å². The van der Waals surface area contributed by atoms with Gasteiger partial charge in [-0.3, -0.25) is 9.78 Å². The second-order valence-electron chi connectivity index (χ2n) is 5.67. The van der Waals surface area contributed by atoms with Crippen LogP contribution in [0.4, 0.5) is 11.6 Å². The number of nitrogens with zero attached hydrogens (tertiary/aromatic N) is 2. The topological polar surface area (TPSA) is 103 Å². The molecule has 0 saturated heterocycles. The number of nitrogen functional groups attached to an aromatic ring is 1. The van der Waals surface area contributed by atoms with Gasteiger partial charge in [0.1, 0.15) is 17.0 Å². The number of carbonyl (C=O) groups excluding carboxylic acids is 1. The van der Waals surface area contributed by atoms with Crippen LogP contribution >= 0.6 is 0 Å². The van der Waals surface area contributed by atoms with E-state index in [4.69, 9.17) is 15.0 Å². The minimum atomic E-state index is -0.413. The van der Waals surface area contributed by atoms with Gasteiger partial charge in [0, 0.05) is 11.9 Å². The summed E-state index contributed by atoms with van der Waals surface area (Å²) >= 11 is 0. The highest BCUT2D eigenvalue weighted by atomic mass is 16.5. The fourth-order valence-electron chi connectivity index (χ4n) is 2.36. The summed E-state index contributed by atoms with van der Waals surface area (Å²) < 4.78 is 10.6. The lowest BCUT2D eigenvalue weighted by molar-refractivity contribution is 0.102. The second kappa shape index (κ2) is 8.15. The zero-order chi connectivity index (χ0) is 18.4. The van der Waals surface area contributed by atoms with Crippen molar-refractivity contribution < 1.29 is 14.1 Å². The van der Waals surface area contributed by atoms with Crippen molar-refractivity contribution in [3.63, 3.8) is 0 Å². The van der Waals surface area contributed by atoms with Crippen LogP contribution in [0.5, 0.6) is 5.75 Å². The fraction of sp³-hybridized carbons (Fsp3) is 0.211. The van der Waals surface area contributed by atoms with Gasteiger partial charge >= 0.3 is 0 Å². The van der Waals surface area contributed by atoms with Crippen molar-refractivity contribution in [3.8, 4) is 17.1 Å². The number of carbonyl (C=O) groups is 1. The van der Waals surface area contributed by atoms with Gasteiger partial charge in [0.2, 0.25) is 5.88 Å². The molecule has 7 heteroatoms. The molecule has 0 aliphatic carbocycles. The number of amides is 1. The van der Waals surface area contributed by atoms with Gasteiger partial charge in [-0.1, -0.05) is 24.6 Å². The first-order chi connectivity index (χ1) is 12.7. The predicted octanol–water partition coefficient (Wildman–Crippen LogP) is 3.75. The number of hydrogen-bond acceptors (Lipinski definition) is 6. The van der Waals surface area contributed by atoms with E-state index in [2.05, 4.69) is 22.4 Å². The van der Waals surface area contributed by atoms with E-state index in [9.17, 15) is 4.79 Å². The van der Waals surface area contributed by atoms with Gasteiger partial charge in [-0.05, 0) is 42.8 Å². The van der Waals surface area contributed by atoms with Crippen molar-refractivity contribution in [3.05, 3.63) is 54.2 Å². The molecule has 7 nitrogen and oxygen atoms in total. The summed E-state index contributed by atoms with van der Waals surface area (Å²) in [6, 6.07) is 12.5. The number of aromatic nitrogens is 2. The van der Waals surface area contributed by atoms with E-state index in [0.717, 1.165) is 18.6 Å². The number of nitrogens with two attached hydrogens (primary N) is 1. The number of nitrogens with one attached hydrogen (secondary N) is 1. The van der Waals surface area contributed by atoms with Crippen molar-refractivity contribution in [2.45, 2.75) is 19.8 Å². The Bertz CT molecular complexity index is 860. The Labute approximate surface area is 151 Å². The first kappa shape index (κ1) is 17.5. The Morgan fingerprint density at radius 2 is 2.04 bits per heavy atom. The molecule has 0 bridgehead atoms. The van der Waals surface area contributed by atoms with E-state index in [-0.39, 0.29) is 11.4 Å². The van der Waals surface area contributed by atoms with E-state index in [1.54, 1.807) is 36.5 Å². The molecule has 3 rings (SSSR count). The lowest BCUT2D eigenvalue weighted by Crippen LogP contribution is -2.14. The summed E-state index contributed by atoms with van der Waals surface area (Å²) in [6.07, 6.45) is 3.69. The monoisotopic (exact) mass is 352 g/mol. The molecule has 0 unspecified atom stereocenters. The van der Waals surface area contributed by atoms with Crippen LogP contribution in [0.15, 0.2) is 53.2 Å². The van der Waals surface area contributed by atoms with Crippen LogP contribution in [-0.4, -0.2) is 22.7 Å². The van der Waals surface area contributed by atoms with Gasteiger partial charge in [0.25, 0.3) is 5.91 Å². The van der Waals surface area contributed by atoms with Gasteiger partial charge in [-0.15, -0.1) is 0 Å². The molecule has 0 radical (unpaired) electrons. The molecule has 3 aromatic rings. The Hall–Kier alpha value is -3.35. The maximum atomic E-state index is 12.6. The van der Waals surface area contributed by atoms with Crippen molar-refractivity contribution in [1.29, 1.82) is 0 Å². The summed E-state index contributed by atoms with van der Waals surface area (Å²) in [4.78, 5) is 16.8. The number of unbranched alkanes of at least 4 members (excludes halogenated alkanes) is 1. The van der Waals surface area contributed by atoms with Gasteiger partial charge < -0.3 is 20.3 Å². The number of benzene rings is 1. The van der Waals surface area contributed by atoms with Crippen molar-refractivity contribution >= 4 is 17.5 Å². The molecule has 0 fully saturated rings. The third-order valence-electron chi connectivity index (χ3n) is 3.73. The molecule has 134 valence electrons. The molecular formula is C19H20N4O3. The Kier molecular flexibility index (Phi) is 5.48. The largest absolute Gasteiger partial charge is 0.494 e. The van der Waals surface area contributed by atoms with E-state index in [0.29, 0.717) is 23.7 Å². The minimum absolute atomic E-state index is 0.0531. The third-order valence-corrected chi connectivity index (χ3v) is 3.73. The van der Waals surface area contributed by atoms with Crippen LogP contribution in [0.1, 0.15) is 30.1 Å². The van der Waals surface area contributed by atoms with Crippen molar-refractivity contribution in [2.24, 2.45) is 0 Å². The predicted molar refractivity (Wildman–Crippen MR) is 98.9 cm³/mol. The van der Waals surface area contributed by atoms with Crippen LogP contribution < -0.4 is 15.8 Å².